The van der Waals surface area contributed by atoms with Crippen molar-refractivity contribution in [3.63, 3.8) is 0 Å². The maximum Gasteiger partial charge on any atom is 0.336 e. The topological polar surface area (TPSA) is 85.8 Å². The molecule has 23 heavy (non-hydrogen) atoms. The summed E-state index contributed by atoms with van der Waals surface area (Å²) < 4.78 is 5.30. The van der Waals surface area contributed by atoms with Gasteiger partial charge < -0.3 is 9.57 Å². The Kier molecular flexibility index (Phi) is 4.01. The lowest BCUT2D eigenvalue weighted by atomic mass is 10.1. The van der Waals surface area contributed by atoms with E-state index in [4.69, 9.17) is 9.57 Å². The highest BCUT2D eigenvalue weighted by Crippen LogP contribution is 2.22. The van der Waals surface area contributed by atoms with Gasteiger partial charge in [0.15, 0.2) is 0 Å². The summed E-state index contributed by atoms with van der Waals surface area (Å²) in [5.74, 6) is -1.51. The molecule has 3 rings (SSSR count). The van der Waals surface area contributed by atoms with E-state index in [9.17, 15) is 14.4 Å². The molecule has 0 atom stereocenters. The third kappa shape index (κ3) is 3.03. The van der Waals surface area contributed by atoms with E-state index in [1.54, 1.807) is 30.5 Å². The minimum Gasteiger partial charge on any atom is -0.491 e. The van der Waals surface area contributed by atoms with E-state index in [1.165, 1.54) is 18.3 Å². The van der Waals surface area contributed by atoms with E-state index < -0.39 is 17.8 Å². The molecule has 116 valence electrons. The summed E-state index contributed by atoms with van der Waals surface area (Å²) in [4.78, 5) is 44.5. The number of aromatic nitrogens is 1. The normalized spacial score (nSPS) is 13.0. The quantitative estimate of drug-likeness (QED) is 0.780. The standard InChI is InChI=1S/C16H12N2O5/c19-14(7-9-22-11-4-3-8-17-10-11)23-18-15(20)12-5-1-2-6-13(12)16(18)21/h1-6,8,10H,7,9H2. The van der Waals surface area contributed by atoms with Crippen LogP contribution in [-0.2, 0) is 9.63 Å². The highest BCUT2D eigenvalue weighted by Gasteiger charge is 2.38. The smallest absolute Gasteiger partial charge is 0.336 e. The number of pyridine rings is 1. The summed E-state index contributed by atoms with van der Waals surface area (Å²) >= 11 is 0. The molecule has 1 aromatic carbocycles. The lowest BCUT2D eigenvalue weighted by Crippen LogP contribution is -2.33. The number of fused-ring (bicyclic) bond motifs is 1. The van der Waals surface area contributed by atoms with E-state index in [1.807, 2.05) is 0 Å². The van der Waals surface area contributed by atoms with Crippen molar-refractivity contribution in [3.8, 4) is 5.75 Å². The van der Waals surface area contributed by atoms with Gasteiger partial charge in [-0.15, -0.1) is 0 Å². The summed E-state index contributed by atoms with van der Waals surface area (Å²) in [6.45, 7) is 0.0493. The second-order valence-electron chi connectivity index (χ2n) is 4.70. The van der Waals surface area contributed by atoms with Gasteiger partial charge in [-0.25, -0.2) is 4.79 Å². The molecule has 7 heteroatoms. The van der Waals surface area contributed by atoms with Crippen molar-refractivity contribution in [2.75, 3.05) is 6.61 Å². The Hall–Kier alpha value is -3.22. The molecule has 7 nitrogen and oxygen atoms in total. The van der Waals surface area contributed by atoms with Crippen LogP contribution in [0.2, 0.25) is 0 Å². The predicted octanol–water partition coefficient (Wildman–Crippen LogP) is 1.60. The van der Waals surface area contributed by atoms with Crippen LogP contribution in [0.1, 0.15) is 27.1 Å². The van der Waals surface area contributed by atoms with Crippen LogP contribution < -0.4 is 4.74 Å². The van der Waals surface area contributed by atoms with Crippen LogP contribution >= 0.6 is 0 Å². The third-order valence-corrected chi connectivity index (χ3v) is 3.16. The predicted molar refractivity (Wildman–Crippen MR) is 77.4 cm³/mol. The van der Waals surface area contributed by atoms with E-state index in [-0.39, 0.29) is 24.2 Å². The SMILES string of the molecule is O=C(CCOc1cccnc1)ON1C(=O)c2ccccc2C1=O. The zero-order valence-electron chi connectivity index (χ0n) is 12.0. The van der Waals surface area contributed by atoms with Crippen LogP contribution in [0.15, 0.2) is 48.8 Å². The van der Waals surface area contributed by atoms with Crippen molar-refractivity contribution < 1.29 is 24.0 Å². The van der Waals surface area contributed by atoms with Gasteiger partial charge in [-0.1, -0.05) is 17.2 Å². The van der Waals surface area contributed by atoms with Gasteiger partial charge in [0.25, 0.3) is 11.8 Å². The highest BCUT2D eigenvalue weighted by atomic mass is 16.7. The van der Waals surface area contributed by atoms with Crippen molar-refractivity contribution >= 4 is 17.8 Å². The fourth-order valence-electron chi connectivity index (χ4n) is 2.08. The lowest BCUT2D eigenvalue weighted by Gasteiger charge is -2.12. The largest absolute Gasteiger partial charge is 0.491 e. The molecule has 2 amide bonds. The average molecular weight is 312 g/mol. The van der Waals surface area contributed by atoms with Gasteiger partial charge in [-0.05, 0) is 24.3 Å². The number of carbonyl (C=O) groups is 3. The van der Waals surface area contributed by atoms with Crippen molar-refractivity contribution in [1.29, 1.82) is 0 Å². The zero-order valence-corrected chi connectivity index (χ0v) is 12.0. The molecule has 0 fully saturated rings. The third-order valence-electron chi connectivity index (χ3n) is 3.16. The van der Waals surface area contributed by atoms with Gasteiger partial charge >= 0.3 is 5.97 Å². The first kappa shape index (κ1) is 14.7. The lowest BCUT2D eigenvalue weighted by molar-refractivity contribution is -0.169. The number of ether oxygens (including phenoxy) is 1. The fraction of sp³-hybridized carbons (Fsp3) is 0.125. The first-order valence-corrected chi connectivity index (χ1v) is 6.88. The number of hydroxylamine groups is 2. The molecule has 0 saturated heterocycles. The fourth-order valence-corrected chi connectivity index (χ4v) is 2.08. The number of hydrogen-bond acceptors (Lipinski definition) is 6. The van der Waals surface area contributed by atoms with Crippen LogP contribution in [0.25, 0.3) is 0 Å². The summed E-state index contributed by atoms with van der Waals surface area (Å²) in [7, 11) is 0. The number of benzene rings is 1. The number of imide groups is 1. The Labute approximate surface area is 131 Å². The monoisotopic (exact) mass is 312 g/mol. The summed E-state index contributed by atoms with van der Waals surface area (Å²) in [6.07, 6.45) is 3.00. The van der Waals surface area contributed by atoms with Crippen molar-refractivity contribution in [2.45, 2.75) is 6.42 Å². The van der Waals surface area contributed by atoms with Crippen LogP contribution in [0.5, 0.6) is 5.75 Å². The number of carbonyl (C=O) groups excluding carboxylic acids is 3. The molecule has 1 aromatic heterocycles. The Balaban J connectivity index is 1.55. The van der Waals surface area contributed by atoms with E-state index >= 15 is 0 Å². The number of amides is 2. The van der Waals surface area contributed by atoms with Crippen molar-refractivity contribution in [2.24, 2.45) is 0 Å². The second kappa shape index (κ2) is 6.27. The molecule has 0 saturated carbocycles. The molecule has 2 aromatic rings. The summed E-state index contributed by atoms with van der Waals surface area (Å²) in [5, 5.41) is 0.483. The van der Waals surface area contributed by atoms with Gasteiger partial charge in [-0.2, -0.15) is 0 Å². The van der Waals surface area contributed by atoms with Gasteiger partial charge in [0.2, 0.25) is 0 Å². The Morgan fingerprint density at radius 2 is 1.74 bits per heavy atom. The van der Waals surface area contributed by atoms with Crippen LogP contribution in [0.3, 0.4) is 0 Å². The molecule has 0 aliphatic carbocycles. The minimum absolute atomic E-state index is 0.0493. The molecule has 0 radical (unpaired) electrons. The average Bonchev–Trinajstić information content (AvgIpc) is 2.81. The Morgan fingerprint density at radius 1 is 1.04 bits per heavy atom. The van der Waals surface area contributed by atoms with Gasteiger partial charge in [0, 0.05) is 6.20 Å². The maximum atomic E-state index is 12.0. The van der Waals surface area contributed by atoms with Gasteiger partial charge in [0.05, 0.1) is 30.4 Å². The first-order chi connectivity index (χ1) is 11.2. The zero-order chi connectivity index (χ0) is 16.2. The Bertz CT molecular complexity index is 725. The van der Waals surface area contributed by atoms with Crippen LogP contribution in [0, 0.1) is 0 Å². The van der Waals surface area contributed by atoms with E-state index in [0.717, 1.165) is 0 Å². The highest BCUT2D eigenvalue weighted by molar-refractivity contribution is 6.20. The molecule has 1 aliphatic rings. The molecule has 0 unspecified atom stereocenters. The van der Waals surface area contributed by atoms with Crippen LogP contribution in [0.4, 0.5) is 0 Å². The molecule has 0 spiro atoms. The minimum atomic E-state index is -0.733. The first-order valence-electron chi connectivity index (χ1n) is 6.88. The molecule has 0 N–H and O–H groups in total. The summed E-state index contributed by atoms with van der Waals surface area (Å²) in [5.41, 5.74) is 0.439. The molecular formula is C16H12N2O5. The van der Waals surface area contributed by atoms with E-state index in [2.05, 4.69) is 4.98 Å². The number of nitrogens with zero attached hydrogens (tertiary/aromatic N) is 2. The molecule has 2 heterocycles. The van der Waals surface area contributed by atoms with E-state index in [0.29, 0.717) is 10.8 Å². The second-order valence-corrected chi connectivity index (χ2v) is 4.70. The number of rotatable bonds is 5. The van der Waals surface area contributed by atoms with Crippen molar-refractivity contribution in [1.82, 2.24) is 10.0 Å². The summed E-state index contributed by atoms with van der Waals surface area (Å²) in [6, 6.07) is 9.69. The van der Waals surface area contributed by atoms with Gasteiger partial charge in [-0.3, -0.25) is 14.6 Å². The number of hydrogen-bond donors (Lipinski definition) is 0. The maximum absolute atomic E-state index is 12.0. The molecule has 0 bridgehead atoms. The van der Waals surface area contributed by atoms with Crippen molar-refractivity contribution in [3.05, 3.63) is 59.9 Å². The van der Waals surface area contributed by atoms with Gasteiger partial charge in [0.1, 0.15) is 5.75 Å². The molecular weight excluding hydrogens is 300 g/mol. The van der Waals surface area contributed by atoms with Crippen LogP contribution in [-0.4, -0.2) is 34.4 Å². The molecule has 1 aliphatic heterocycles. The Morgan fingerprint density at radius 3 is 2.35 bits per heavy atom.